The maximum Gasteiger partial charge on any atom is 0.326 e. The first-order valence-electron chi connectivity index (χ1n) is 13.4. The van der Waals surface area contributed by atoms with Gasteiger partial charge in [-0.25, -0.2) is 4.79 Å². The van der Waals surface area contributed by atoms with Crippen molar-refractivity contribution < 1.29 is 29.4 Å². The molecule has 14 N–H and O–H groups in total. The van der Waals surface area contributed by atoms with E-state index in [0.29, 0.717) is 31.4 Å². The summed E-state index contributed by atoms with van der Waals surface area (Å²) in [6.07, 6.45) is 3.51. The van der Waals surface area contributed by atoms with Crippen molar-refractivity contribution in [3.8, 4) is 0 Å². The van der Waals surface area contributed by atoms with Crippen molar-refractivity contribution in [2.75, 3.05) is 19.7 Å². The molecule has 2 rings (SSSR count). The van der Waals surface area contributed by atoms with Gasteiger partial charge in [0.15, 0.2) is 5.96 Å². The Kier molecular flexibility index (Phi) is 13.5. The highest BCUT2D eigenvalue weighted by Crippen LogP contribution is 2.19. The Hall–Kier alpha value is -4.21. The van der Waals surface area contributed by atoms with Gasteiger partial charge in [-0.2, -0.15) is 0 Å². The summed E-state index contributed by atoms with van der Waals surface area (Å²) in [6, 6.07) is 2.57. The number of aliphatic hydroxyl groups excluding tert-OH is 1. The van der Waals surface area contributed by atoms with Crippen LogP contribution in [0.4, 0.5) is 0 Å². The average molecular weight is 576 g/mol. The molecule has 0 saturated carbocycles. The van der Waals surface area contributed by atoms with Crippen molar-refractivity contribution >= 4 is 40.6 Å². The van der Waals surface area contributed by atoms with Crippen molar-refractivity contribution in [2.24, 2.45) is 27.9 Å². The van der Waals surface area contributed by atoms with E-state index in [9.17, 15) is 29.4 Å². The van der Waals surface area contributed by atoms with Crippen LogP contribution in [-0.2, 0) is 25.6 Å². The van der Waals surface area contributed by atoms with Gasteiger partial charge in [-0.05, 0) is 50.3 Å². The van der Waals surface area contributed by atoms with Gasteiger partial charge in [0.05, 0.1) is 12.6 Å². The number of hydrogen-bond acceptors (Lipinski definition) is 8. The summed E-state index contributed by atoms with van der Waals surface area (Å²) >= 11 is 0. The maximum atomic E-state index is 13.2. The predicted octanol–water partition coefficient (Wildman–Crippen LogP) is -2.25. The van der Waals surface area contributed by atoms with E-state index in [0.717, 1.165) is 10.9 Å². The number of nitrogens with two attached hydrogens (primary N) is 4. The topological polar surface area (TPSA) is 277 Å². The molecular weight excluding hydrogens is 534 g/mol. The minimum Gasteiger partial charge on any atom is -0.480 e. The van der Waals surface area contributed by atoms with Crippen LogP contribution in [0.3, 0.4) is 0 Å². The zero-order valence-corrected chi connectivity index (χ0v) is 22.8. The van der Waals surface area contributed by atoms with Crippen molar-refractivity contribution in [3.63, 3.8) is 0 Å². The number of aromatic nitrogens is 1. The number of H-pyrrole nitrogens is 1. The molecule has 2 aromatic rings. The molecule has 0 fully saturated rings. The molecule has 4 atom stereocenters. The van der Waals surface area contributed by atoms with Gasteiger partial charge >= 0.3 is 5.97 Å². The largest absolute Gasteiger partial charge is 0.480 e. The first kappa shape index (κ1) is 33.0. The number of benzene rings is 1. The van der Waals surface area contributed by atoms with Gasteiger partial charge in [0.2, 0.25) is 17.7 Å². The number of aliphatic carboxylic acids is 1. The molecule has 0 radical (unpaired) electrons. The number of aliphatic imine (C=N–C) groups is 1. The Labute approximate surface area is 237 Å². The number of nitrogens with one attached hydrogen (secondary N) is 4. The van der Waals surface area contributed by atoms with Crippen LogP contribution < -0.4 is 38.9 Å². The van der Waals surface area contributed by atoms with Gasteiger partial charge in [-0.1, -0.05) is 18.2 Å². The summed E-state index contributed by atoms with van der Waals surface area (Å²) in [6.45, 7) is -0.130. The molecular formula is C26H41N9O6. The van der Waals surface area contributed by atoms with Crippen molar-refractivity contribution in [1.82, 2.24) is 20.9 Å². The highest BCUT2D eigenvalue weighted by Gasteiger charge is 2.30. The van der Waals surface area contributed by atoms with Gasteiger partial charge in [-0.15, -0.1) is 0 Å². The standard InChI is InChI=1S/C26H41N9O6/c27-10-4-3-9-19(33-24(39)21(14-36)35-22(37)17(28)7-5-11-31-26(29)30)23(38)34-20(25(40)41)12-15-13-32-18-8-2-1-6-16(15)18/h1-2,6,8,13,17,19-21,32,36H,3-5,7,9-12,14,27-28H2,(H,33,39)(H,34,38)(H,35,37)(H,40,41)(H4,29,30,31). The number of aliphatic hydroxyl groups is 1. The fraction of sp³-hybridized carbons (Fsp3) is 0.500. The number of carboxylic acids is 1. The predicted molar refractivity (Wildman–Crippen MR) is 153 cm³/mol. The van der Waals surface area contributed by atoms with E-state index in [4.69, 9.17) is 22.9 Å². The molecule has 3 amide bonds. The monoisotopic (exact) mass is 575 g/mol. The van der Waals surface area contributed by atoms with Gasteiger partial charge in [0.25, 0.3) is 0 Å². The van der Waals surface area contributed by atoms with E-state index < -0.39 is 54.5 Å². The molecule has 1 aromatic carbocycles. The number of hydrogen-bond donors (Lipinski definition) is 10. The lowest BCUT2D eigenvalue weighted by Crippen LogP contribution is -2.58. The van der Waals surface area contributed by atoms with E-state index in [1.165, 1.54) is 0 Å². The lowest BCUT2D eigenvalue weighted by Gasteiger charge is -2.24. The number of carbonyl (C=O) groups is 4. The molecule has 15 nitrogen and oxygen atoms in total. The number of carboxylic acid groups (broad SMARTS) is 1. The van der Waals surface area contributed by atoms with Crippen LogP contribution in [0, 0.1) is 0 Å². The van der Waals surface area contributed by atoms with E-state index >= 15 is 0 Å². The molecule has 0 bridgehead atoms. The second-order valence-corrected chi connectivity index (χ2v) is 9.61. The highest BCUT2D eigenvalue weighted by atomic mass is 16.4. The van der Waals surface area contributed by atoms with E-state index in [-0.39, 0.29) is 31.8 Å². The lowest BCUT2D eigenvalue weighted by molar-refractivity contribution is -0.142. The molecule has 0 saturated heterocycles. The summed E-state index contributed by atoms with van der Waals surface area (Å²) in [4.78, 5) is 57.5. The molecule has 226 valence electrons. The molecule has 4 unspecified atom stereocenters. The maximum absolute atomic E-state index is 13.2. The summed E-state index contributed by atoms with van der Waals surface area (Å²) in [5.74, 6) is -3.56. The Balaban J connectivity index is 2.06. The first-order valence-corrected chi connectivity index (χ1v) is 13.4. The third-order valence-corrected chi connectivity index (χ3v) is 6.41. The van der Waals surface area contributed by atoms with Crippen LogP contribution in [0.5, 0.6) is 0 Å². The minimum absolute atomic E-state index is 0.00491. The third kappa shape index (κ3) is 10.7. The Morgan fingerprint density at radius 3 is 2.22 bits per heavy atom. The quantitative estimate of drug-likeness (QED) is 0.0518. The van der Waals surface area contributed by atoms with Crippen LogP contribution >= 0.6 is 0 Å². The lowest BCUT2D eigenvalue weighted by atomic mass is 10.0. The molecule has 41 heavy (non-hydrogen) atoms. The van der Waals surface area contributed by atoms with Gasteiger partial charge in [0.1, 0.15) is 18.1 Å². The molecule has 15 heteroatoms. The molecule has 0 aliphatic heterocycles. The van der Waals surface area contributed by atoms with Crippen LogP contribution in [0.2, 0.25) is 0 Å². The molecule has 1 heterocycles. The number of aromatic amines is 1. The van der Waals surface area contributed by atoms with E-state index in [1.807, 2.05) is 24.3 Å². The van der Waals surface area contributed by atoms with E-state index in [2.05, 4.69) is 25.9 Å². The van der Waals surface area contributed by atoms with Crippen molar-refractivity contribution in [2.45, 2.75) is 62.7 Å². The minimum atomic E-state index is -1.39. The molecule has 0 spiro atoms. The summed E-state index contributed by atoms with van der Waals surface area (Å²) in [7, 11) is 0. The number of nitrogens with zero attached hydrogens (tertiary/aromatic N) is 1. The number of para-hydroxylation sites is 1. The van der Waals surface area contributed by atoms with E-state index in [1.54, 1.807) is 6.20 Å². The van der Waals surface area contributed by atoms with Gasteiger partial charge < -0.3 is 54.1 Å². The van der Waals surface area contributed by atoms with Crippen LogP contribution in [0.1, 0.15) is 37.7 Å². The summed E-state index contributed by atoms with van der Waals surface area (Å²) in [5, 5.41) is 27.8. The van der Waals surface area contributed by atoms with Crippen LogP contribution in [0.25, 0.3) is 10.9 Å². The molecule has 1 aromatic heterocycles. The average Bonchev–Trinajstić information content (AvgIpc) is 3.35. The fourth-order valence-corrected chi connectivity index (χ4v) is 4.15. The normalized spacial score (nSPS) is 13.9. The highest BCUT2D eigenvalue weighted by molar-refractivity contribution is 5.94. The third-order valence-electron chi connectivity index (χ3n) is 6.41. The second-order valence-electron chi connectivity index (χ2n) is 9.61. The summed E-state index contributed by atoms with van der Waals surface area (Å²) < 4.78 is 0. The van der Waals surface area contributed by atoms with Crippen LogP contribution in [0.15, 0.2) is 35.5 Å². The van der Waals surface area contributed by atoms with Crippen molar-refractivity contribution in [3.05, 3.63) is 36.0 Å². The second kappa shape index (κ2) is 16.8. The zero-order chi connectivity index (χ0) is 30.4. The fourth-order valence-electron chi connectivity index (χ4n) is 4.15. The zero-order valence-electron chi connectivity index (χ0n) is 22.8. The number of fused-ring (bicyclic) bond motifs is 1. The first-order chi connectivity index (χ1) is 19.6. The number of carbonyl (C=O) groups excluding carboxylic acids is 3. The number of rotatable bonds is 18. The number of amides is 3. The van der Waals surface area contributed by atoms with Crippen LogP contribution in [-0.4, -0.2) is 88.7 Å². The van der Waals surface area contributed by atoms with Gasteiger partial charge in [0, 0.05) is 30.1 Å². The Morgan fingerprint density at radius 1 is 0.902 bits per heavy atom. The Bertz CT molecular complexity index is 1200. The molecule has 0 aliphatic carbocycles. The Morgan fingerprint density at radius 2 is 1.56 bits per heavy atom. The smallest absolute Gasteiger partial charge is 0.326 e. The number of guanidine groups is 1. The molecule has 0 aliphatic rings. The van der Waals surface area contributed by atoms with Crippen molar-refractivity contribution in [1.29, 1.82) is 0 Å². The SMILES string of the molecule is NCCCCC(NC(=O)C(CO)NC(=O)C(N)CCCN=C(N)N)C(=O)NC(Cc1c[nH]c2ccccc12)C(=O)O. The number of unbranched alkanes of at least 4 members (excludes halogenated alkanes) is 1. The van der Waals surface area contributed by atoms with Gasteiger partial charge in [-0.3, -0.25) is 19.4 Å². The summed E-state index contributed by atoms with van der Waals surface area (Å²) in [5.41, 5.74) is 23.5.